The van der Waals surface area contributed by atoms with Gasteiger partial charge in [-0.25, -0.2) is 4.98 Å². The van der Waals surface area contributed by atoms with Crippen molar-refractivity contribution in [3.05, 3.63) is 29.8 Å². The Morgan fingerprint density at radius 1 is 1.44 bits per heavy atom. The van der Waals surface area contributed by atoms with Crippen molar-refractivity contribution in [1.29, 1.82) is 0 Å². The molecule has 1 heterocycles. The van der Waals surface area contributed by atoms with Gasteiger partial charge in [0.25, 0.3) is 5.91 Å². The third-order valence-electron chi connectivity index (χ3n) is 4.01. The van der Waals surface area contributed by atoms with E-state index in [1.165, 1.54) is 24.8 Å². The lowest BCUT2D eigenvalue weighted by Crippen LogP contribution is -2.43. The number of nitrogens with one attached hydrogen (secondary N) is 1. The van der Waals surface area contributed by atoms with Gasteiger partial charge in [-0.15, -0.1) is 0 Å². The van der Waals surface area contributed by atoms with Crippen molar-refractivity contribution in [1.82, 2.24) is 10.3 Å². The van der Waals surface area contributed by atoms with Crippen molar-refractivity contribution >= 4 is 5.91 Å². The summed E-state index contributed by atoms with van der Waals surface area (Å²) >= 11 is 0. The SMILES string of the molecule is CC1CCCC(NC(=O)c2ccnc(F)c2)[C@@H]1C. The average molecular weight is 250 g/mol. The second-order valence-electron chi connectivity index (χ2n) is 5.21. The Hall–Kier alpha value is -1.45. The van der Waals surface area contributed by atoms with Crippen molar-refractivity contribution in [2.75, 3.05) is 0 Å². The van der Waals surface area contributed by atoms with Crippen molar-refractivity contribution < 1.29 is 9.18 Å². The molecule has 0 spiro atoms. The fraction of sp³-hybridized carbons (Fsp3) is 0.571. The van der Waals surface area contributed by atoms with Crippen LogP contribution in [0.25, 0.3) is 0 Å². The van der Waals surface area contributed by atoms with E-state index >= 15 is 0 Å². The van der Waals surface area contributed by atoms with Gasteiger partial charge in [-0.2, -0.15) is 4.39 Å². The van der Waals surface area contributed by atoms with Crippen LogP contribution in [0.15, 0.2) is 18.3 Å². The lowest BCUT2D eigenvalue weighted by Gasteiger charge is -2.34. The summed E-state index contributed by atoms with van der Waals surface area (Å²) in [6, 6.07) is 2.90. The third kappa shape index (κ3) is 2.86. The predicted molar refractivity (Wildman–Crippen MR) is 67.6 cm³/mol. The number of aromatic nitrogens is 1. The molecule has 0 saturated heterocycles. The van der Waals surface area contributed by atoms with E-state index < -0.39 is 5.95 Å². The van der Waals surface area contributed by atoms with Gasteiger partial charge < -0.3 is 5.32 Å². The molecule has 98 valence electrons. The monoisotopic (exact) mass is 250 g/mol. The van der Waals surface area contributed by atoms with Crippen LogP contribution < -0.4 is 5.32 Å². The molecule has 18 heavy (non-hydrogen) atoms. The number of amides is 1. The molecule has 0 radical (unpaired) electrons. The first-order chi connectivity index (χ1) is 8.58. The van der Waals surface area contributed by atoms with Gasteiger partial charge in [0, 0.05) is 23.9 Å². The maximum absolute atomic E-state index is 13.0. The summed E-state index contributed by atoms with van der Waals surface area (Å²) < 4.78 is 13.0. The molecule has 1 aliphatic rings. The summed E-state index contributed by atoms with van der Waals surface area (Å²) in [5.74, 6) is 0.266. The van der Waals surface area contributed by atoms with Gasteiger partial charge in [-0.05, 0) is 24.3 Å². The summed E-state index contributed by atoms with van der Waals surface area (Å²) in [6.45, 7) is 4.39. The van der Waals surface area contributed by atoms with E-state index in [1.54, 1.807) is 0 Å². The molecule has 0 bridgehead atoms. The maximum Gasteiger partial charge on any atom is 0.251 e. The first-order valence-electron chi connectivity index (χ1n) is 6.50. The van der Waals surface area contributed by atoms with E-state index in [0.717, 1.165) is 12.8 Å². The van der Waals surface area contributed by atoms with Crippen molar-refractivity contribution in [2.45, 2.75) is 39.2 Å². The molecule has 1 aromatic heterocycles. The molecular weight excluding hydrogens is 231 g/mol. The predicted octanol–water partition coefficient (Wildman–Crippen LogP) is 2.78. The second-order valence-corrected chi connectivity index (χ2v) is 5.21. The summed E-state index contributed by atoms with van der Waals surface area (Å²) in [5, 5.41) is 3.01. The molecule has 2 rings (SSSR count). The van der Waals surface area contributed by atoms with Crippen LogP contribution in [0.5, 0.6) is 0 Å². The minimum Gasteiger partial charge on any atom is -0.349 e. The number of carbonyl (C=O) groups is 1. The fourth-order valence-corrected chi connectivity index (χ4v) is 2.58. The zero-order valence-electron chi connectivity index (χ0n) is 10.8. The average Bonchev–Trinajstić information content (AvgIpc) is 2.35. The van der Waals surface area contributed by atoms with Gasteiger partial charge in [0.05, 0.1) is 0 Å². The number of nitrogens with zero attached hydrogens (tertiary/aromatic N) is 1. The van der Waals surface area contributed by atoms with Crippen LogP contribution in [-0.4, -0.2) is 16.9 Å². The molecule has 1 fully saturated rings. The van der Waals surface area contributed by atoms with E-state index in [4.69, 9.17) is 0 Å². The largest absolute Gasteiger partial charge is 0.349 e. The smallest absolute Gasteiger partial charge is 0.251 e. The van der Waals surface area contributed by atoms with Gasteiger partial charge in [0.2, 0.25) is 5.95 Å². The highest BCUT2D eigenvalue weighted by molar-refractivity contribution is 5.94. The molecule has 1 saturated carbocycles. The molecule has 4 heteroatoms. The normalized spacial score (nSPS) is 27.8. The fourth-order valence-electron chi connectivity index (χ4n) is 2.58. The van der Waals surface area contributed by atoms with Crippen molar-refractivity contribution in [3.8, 4) is 0 Å². The van der Waals surface area contributed by atoms with E-state index in [-0.39, 0.29) is 11.9 Å². The Bertz CT molecular complexity index is 436. The molecule has 3 atom stereocenters. The topological polar surface area (TPSA) is 42.0 Å². The quantitative estimate of drug-likeness (QED) is 0.820. The molecule has 1 N–H and O–H groups in total. The number of hydrogen-bond donors (Lipinski definition) is 1. The molecule has 1 aliphatic carbocycles. The van der Waals surface area contributed by atoms with Crippen LogP contribution >= 0.6 is 0 Å². The Morgan fingerprint density at radius 3 is 2.94 bits per heavy atom. The zero-order valence-corrected chi connectivity index (χ0v) is 10.8. The standard InChI is InChI=1S/C14H19FN2O/c1-9-4-3-5-12(10(9)2)17-14(18)11-6-7-16-13(15)8-11/h6-10,12H,3-5H2,1-2H3,(H,17,18)/t9?,10-,12?/m1/s1. The Balaban J connectivity index is 2.03. The minimum atomic E-state index is -0.618. The van der Waals surface area contributed by atoms with Crippen LogP contribution in [0, 0.1) is 17.8 Å². The number of halogens is 1. The maximum atomic E-state index is 13.0. The highest BCUT2D eigenvalue weighted by Crippen LogP contribution is 2.29. The van der Waals surface area contributed by atoms with Gasteiger partial charge >= 0.3 is 0 Å². The molecular formula is C14H19FN2O. The van der Waals surface area contributed by atoms with Crippen LogP contribution in [-0.2, 0) is 0 Å². The van der Waals surface area contributed by atoms with Crippen LogP contribution in [0.4, 0.5) is 4.39 Å². The Morgan fingerprint density at radius 2 is 2.22 bits per heavy atom. The number of rotatable bonds is 2. The molecule has 1 aromatic rings. The lowest BCUT2D eigenvalue weighted by molar-refractivity contribution is 0.0890. The molecule has 3 nitrogen and oxygen atoms in total. The molecule has 1 amide bonds. The molecule has 2 unspecified atom stereocenters. The second kappa shape index (κ2) is 5.46. The van der Waals surface area contributed by atoms with Gasteiger partial charge in [-0.3, -0.25) is 4.79 Å². The summed E-state index contributed by atoms with van der Waals surface area (Å²) in [5.41, 5.74) is 0.341. The Labute approximate surface area is 107 Å². The number of carbonyl (C=O) groups excluding carboxylic acids is 1. The highest BCUT2D eigenvalue weighted by atomic mass is 19.1. The summed E-state index contributed by atoms with van der Waals surface area (Å²) in [4.78, 5) is 15.5. The third-order valence-corrected chi connectivity index (χ3v) is 4.01. The first kappa shape index (κ1) is 13.0. The summed E-state index contributed by atoms with van der Waals surface area (Å²) in [6.07, 6.45) is 4.68. The summed E-state index contributed by atoms with van der Waals surface area (Å²) in [7, 11) is 0. The van der Waals surface area contributed by atoms with Gasteiger partial charge in [-0.1, -0.05) is 26.7 Å². The zero-order chi connectivity index (χ0) is 13.1. The minimum absolute atomic E-state index is 0.192. The van der Waals surface area contributed by atoms with E-state index in [0.29, 0.717) is 17.4 Å². The number of pyridine rings is 1. The van der Waals surface area contributed by atoms with Gasteiger partial charge in [0.1, 0.15) is 0 Å². The van der Waals surface area contributed by atoms with E-state index in [2.05, 4.69) is 24.1 Å². The van der Waals surface area contributed by atoms with Crippen molar-refractivity contribution in [2.24, 2.45) is 11.8 Å². The molecule has 0 aliphatic heterocycles. The van der Waals surface area contributed by atoms with E-state index in [9.17, 15) is 9.18 Å². The molecule has 0 aromatic carbocycles. The number of hydrogen-bond acceptors (Lipinski definition) is 2. The van der Waals surface area contributed by atoms with Crippen LogP contribution in [0.2, 0.25) is 0 Å². The van der Waals surface area contributed by atoms with Crippen LogP contribution in [0.1, 0.15) is 43.5 Å². The van der Waals surface area contributed by atoms with Crippen LogP contribution in [0.3, 0.4) is 0 Å². The van der Waals surface area contributed by atoms with Gasteiger partial charge in [0.15, 0.2) is 0 Å². The Kier molecular flexibility index (Phi) is 3.94. The lowest BCUT2D eigenvalue weighted by atomic mass is 9.78. The van der Waals surface area contributed by atoms with Crippen molar-refractivity contribution in [3.63, 3.8) is 0 Å². The first-order valence-corrected chi connectivity index (χ1v) is 6.50. The van der Waals surface area contributed by atoms with E-state index in [1.807, 2.05) is 0 Å². The highest BCUT2D eigenvalue weighted by Gasteiger charge is 2.28.